The number of rotatable bonds is 5. The van der Waals surface area contributed by atoms with Crippen molar-refractivity contribution in [3.63, 3.8) is 0 Å². The first kappa shape index (κ1) is 8.72. The number of aromatic nitrogens is 1. The van der Waals surface area contributed by atoms with Crippen molar-refractivity contribution in [3.8, 4) is 0 Å². The van der Waals surface area contributed by atoms with Gasteiger partial charge in [0.2, 0.25) is 0 Å². The second-order valence-electron chi connectivity index (χ2n) is 2.74. The number of nitrogens with zero attached hydrogens (tertiary/aromatic N) is 1. The van der Waals surface area contributed by atoms with E-state index in [4.69, 9.17) is 0 Å². The van der Waals surface area contributed by atoms with Crippen molar-refractivity contribution in [2.24, 2.45) is 0 Å². The van der Waals surface area contributed by atoms with Crippen molar-refractivity contribution in [3.05, 3.63) is 16.6 Å². The van der Waals surface area contributed by atoms with Crippen LogP contribution >= 0.6 is 11.3 Å². The topological polar surface area (TPSA) is 12.9 Å². The third-order valence-corrected chi connectivity index (χ3v) is 2.57. The van der Waals surface area contributed by atoms with Crippen LogP contribution in [0.15, 0.2) is 11.6 Å². The Kier molecular flexibility index (Phi) is 4.21. The summed E-state index contributed by atoms with van der Waals surface area (Å²) in [6.45, 7) is 2.24. The second-order valence-corrected chi connectivity index (χ2v) is 3.72. The Labute approximate surface area is 72.5 Å². The van der Waals surface area contributed by atoms with Crippen molar-refractivity contribution >= 4 is 11.3 Å². The number of hydrogen-bond acceptors (Lipinski definition) is 2. The highest BCUT2D eigenvalue weighted by Crippen LogP contribution is 2.09. The van der Waals surface area contributed by atoms with Crippen molar-refractivity contribution in [1.82, 2.24) is 4.98 Å². The first-order valence-electron chi connectivity index (χ1n) is 4.32. The highest BCUT2D eigenvalue weighted by atomic mass is 32.1. The maximum Gasteiger partial charge on any atom is 0.0924 e. The SMILES string of the molecule is CCCCCCc1nccs1. The van der Waals surface area contributed by atoms with Gasteiger partial charge in [-0.05, 0) is 12.8 Å². The summed E-state index contributed by atoms with van der Waals surface area (Å²) in [5.41, 5.74) is 0. The Hall–Kier alpha value is -0.370. The molecule has 0 aromatic carbocycles. The summed E-state index contributed by atoms with van der Waals surface area (Å²) in [4.78, 5) is 4.23. The van der Waals surface area contributed by atoms with Gasteiger partial charge in [-0.15, -0.1) is 11.3 Å². The molecule has 11 heavy (non-hydrogen) atoms. The van der Waals surface area contributed by atoms with Gasteiger partial charge in [-0.2, -0.15) is 0 Å². The molecule has 1 rings (SSSR count). The van der Waals surface area contributed by atoms with Crippen LogP contribution in [0.2, 0.25) is 0 Å². The molecule has 1 heterocycles. The lowest BCUT2D eigenvalue weighted by atomic mass is 10.2. The van der Waals surface area contributed by atoms with Gasteiger partial charge in [0.25, 0.3) is 0 Å². The number of unbranched alkanes of at least 4 members (excludes halogenated alkanes) is 3. The number of aryl methyl sites for hydroxylation is 1. The predicted octanol–water partition coefficient (Wildman–Crippen LogP) is 3.27. The Balaban J connectivity index is 2.04. The van der Waals surface area contributed by atoms with E-state index in [1.54, 1.807) is 11.3 Å². The van der Waals surface area contributed by atoms with E-state index >= 15 is 0 Å². The molecule has 0 aliphatic heterocycles. The Morgan fingerprint density at radius 2 is 2.27 bits per heavy atom. The normalized spacial score (nSPS) is 10.3. The van der Waals surface area contributed by atoms with Gasteiger partial charge in [-0.25, -0.2) is 4.98 Å². The van der Waals surface area contributed by atoms with E-state index < -0.39 is 0 Å². The van der Waals surface area contributed by atoms with Gasteiger partial charge in [-0.1, -0.05) is 26.2 Å². The predicted molar refractivity (Wildman–Crippen MR) is 50.0 cm³/mol. The quantitative estimate of drug-likeness (QED) is 0.616. The minimum absolute atomic E-state index is 1.18. The molecular weight excluding hydrogens is 154 g/mol. The third-order valence-electron chi connectivity index (χ3n) is 1.73. The van der Waals surface area contributed by atoms with Gasteiger partial charge in [0.1, 0.15) is 0 Å². The van der Waals surface area contributed by atoms with E-state index in [0.717, 1.165) is 0 Å². The maximum absolute atomic E-state index is 4.23. The van der Waals surface area contributed by atoms with Crippen LogP contribution in [0.4, 0.5) is 0 Å². The lowest BCUT2D eigenvalue weighted by Gasteiger charge is -1.94. The molecule has 0 N–H and O–H groups in total. The molecule has 1 aromatic rings. The maximum atomic E-state index is 4.23. The first-order valence-corrected chi connectivity index (χ1v) is 5.20. The molecule has 62 valence electrons. The number of thiazole rings is 1. The van der Waals surface area contributed by atoms with E-state index in [-0.39, 0.29) is 0 Å². The fraction of sp³-hybridized carbons (Fsp3) is 0.667. The summed E-state index contributed by atoms with van der Waals surface area (Å²) >= 11 is 1.77. The zero-order valence-corrected chi connectivity index (χ0v) is 7.86. The van der Waals surface area contributed by atoms with E-state index in [9.17, 15) is 0 Å². The van der Waals surface area contributed by atoms with Crippen molar-refractivity contribution in [2.45, 2.75) is 39.0 Å². The van der Waals surface area contributed by atoms with Crippen LogP contribution in [0, 0.1) is 0 Å². The van der Waals surface area contributed by atoms with Crippen LogP contribution in [-0.2, 0) is 6.42 Å². The zero-order chi connectivity index (χ0) is 7.94. The second kappa shape index (κ2) is 5.30. The molecule has 1 aromatic heterocycles. The molecule has 0 fully saturated rings. The molecule has 0 atom stereocenters. The fourth-order valence-electron chi connectivity index (χ4n) is 1.08. The van der Waals surface area contributed by atoms with E-state index in [0.29, 0.717) is 0 Å². The summed E-state index contributed by atoms with van der Waals surface area (Å²) in [6, 6.07) is 0. The molecular formula is C9H15NS. The molecule has 0 aliphatic rings. The van der Waals surface area contributed by atoms with Gasteiger partial charge in [0, 0.05) is 11.6 Å². The molecule has 0 amide bonds. The molecule has 0 aliphatic carbocycles. The molecule has 0 radical (unpaired) electrons. The van der Waals surface area contributed by atoms with E-state index in [1.807, 2.05) is 6.20 Å². The summed E-state index contributed by atoms with van der Waals surface area (Å²) in [6.07, 6.45) is 8.41. The van der Waals surface area contributed by atoms with Gasteiger partial charge in [0.15, 0.2) is 0 Å². The van der Waals surface area contributed by atoms with E-state index in [2.05, 4.69) is 17.3 Å². The van der Waals surface area contributed by atoms with Gasteiger partial charge < -0.3 is 0 Å². The van der Waals surface area contributed by atoms with Crippen LogP contribution in [0.3, 0.4) is 0 Å². The molecule has 0 spiro atoms. The highest BCUT2D eigenvalue weighted by molar-refractivity contribution is 7.09. The van der Waals surface area contributed by atoms with Crippen LogP contribution in [-0.4, -0.2) is 4.98 Å². The van der Waals surface area contributed by atoms with E-state index in [1.165, 1.54) is 37.1 Å². The summed E-state index contributed by atoms with van der Waals surface area (Å²) in [7, 11) is 0. The molecule has 1 nitrogen and oxygen atoms in total. The monoisotopic (exact) mass is 169 g/mol. The molecule has 0 saturated carbocycles. The Morgan fingerprint density at radius 3 is 2.91 bits per heavy atom. The average Bonchev–Trinajstić information content (AvgIpc) is 2.50. The third kappa shape index (κ3) is 3.51. The van der Waals surface area contributed by atoms with Gasteiger partial charge in [-0.3, -0.25) is 0 Å². The van der Waals surface area contributed by atoms with Gasteiger partial charge in [0.05, 0.1) is 5.01 Å². The zero-order valence-electron chi connectivity index (χ0n) is 7.05. The average molecular weight is 169 g/mol. The smallest absolute Gasteiger partial charge is 0.0924 e. The van der Waals surface area contributed by atoms with Gasteiger partial charge >= 0.3 is 0 Å². The van der Waals surface area contributed by atoms with Crippen LogP contribution in [0.25, 0.3) is 0 Å². The Bertz CT molecular complexity index is 170. The first-order chi connectivity index (χ1) is 5.43. The molecule has 0 unspecified atom stereocenters. The highest BCUT2D eigenvalue weighted by Gasteiger charge is 1.93. The lowest BCUT2D eigenvalue weighted by molar-refractivity contribution is 0.665. The number of hydrogen-bond donors (Lipinski definition) is 0. The summed E-state index contributed by atoms with van der Waals surface area (Å²) in [5.74, 6) is 0. The van der Waals surface area contributed by atoms with Crippen LogP contribution in [0.5, 0.6) is 0 Å². The summed E-state index contributed by atoms with van der Waals surface area (Å²) in [5, 5.41) is 3.34. The lowest BCUT2D eigenvalue weighted by Crippen LogP contribution is -1.83. The minimum atomic E-state index is 1.18. The minimum Gasteiger partial charge on any atom is -0.250 e. The summed E-state index contributed by atoms with van der Waals surface area (Å²) < 4.78 is 0. The van der Waals surface area contributed by atoms with Crippen LogP contribution in [0.1, 0.15) is 37.6 Å². The van der Waals surface area contributed by atoms with Crippen molar-refractivity contribution in [2.75, 3.05) is 0 Å². The van der Waals surface area contributed by atoms with Crippen molar-refractivity contribution < 1.29 is 0 Å². The molecule has 0 bridgehead atoms. The fourth-order valence-corrected chi connectivity index (χ4v) is 1.74. The van der Waals surface area contributed by atoms with Crippen molar-refractivity contribution in [1.29, 1.82) is 0 Å². The standard InChI is InChI=1S/C9H15NS/c1-2-3-4-5-6-9-10-7-8-11-9/h7-8H,2-6H2,1H3. The Morgan fingerprint density at radius 1 is 1.36 bits per heavy atom. The molecule has 2 heteroatoms. The molecule has 0 saturated heterocycles. The van der Waals surface area contributed by atoms with Crippen LogP contribution < -0.4 is 0 Å². The largest absolute Gasteiger partial charge is 0.250 e.